The molecule has 158 valence electrons. The van der Waals surface area contributed by atoms with Gasteiger partial charge in [0, 0.05) is 43.7 Å². The number of hydrogen-bond donors (Lipinski definition) is 1. The number of carbonyl (C=O) groups excluding carboxylic acids is 1. The fourth-order valence-corrected chi connectivity index (χ4v) is 4.88. The van der Waals surface area contributed by atoms with Gasteiger partial charge in [0.15, 0.2) is 0 Å². The van der Waals surface area contributed by atoms with Crippen LogP contribution >= 0.6 is 0 Å². The number of hydrogen-bond acceptors (Lipinski definition) is 4. The van der Waals surface area contributed by atoms with Gasteiger partial charge in [-0.05, 0) is 69.8 Å². The fourth-order valence-electron chi connectivity index (χ4n) is 4.88. The summed E-state index contributed by atoms with van der Waals surface area (Å²) in [7, 11) is 0. The lowest BCUT2D eigenvalue weighted by Gasteiger charge is -2.47. The molecule has 0 saturated carbocycles. The number of aromatic amines is 1. The van der Waals surface area contributed by atoms with Crippen molar-refractivity contribution in [1.82, 2.24) is 19.8 Å². The Balaban J connectivity index is 1.24. The average Bonchev–Trinajstić information content (AvgIpc) is 3.40. The van der Waals surface area contributed by atoms with Crippen LogP contribution in [0.15, 0.2) is 29.1 Å². The summed E-state index contributed by atoms with van der Waals surface area (Å²) in [6.07, 6.45) is 9.73. The molecule has 2 fully saturated rings. The maximum Gasteiger partial charge on any atom is 0.222 e. The minimum atomic E-state index is 0.320. The zero-order valence-corrected chi connectivity index (χ0v) is 17.8. The van der Waals surface area contributed by atoms with Gasteiger partial charge in [0.2, 0.25) is 5.91 Å². The molecule has 4 heterocycles. The topological polar surface area (TPSA) is 65.4 Å². The molecule has 4 rings (SSSR count). The third kappa shape index (κ3) is 4.92. The third-order valence-electron chi connectivity index (χ3n) is 7.00. The largest absolute Gasteiger partial charge is 0.466 e. The summed E-state index contributed by atoms with van der Waals surface area (Å²) in [4.78, 5) is 24.4. The maximum absolute atomic E-state index is 12.4. The van der Waals surface area contributed by atoms with E-state index < -0.39 is 0 Å². The van der Waals surface area contributed by atoms with E-state index in [1.807, 2.05) is 13.1 Å². The highest BCUT2D eigenvalue weighted by molar-refractivity contribution is 5.77. The van der Waals surface area contributed by atoms with Gasteiger partial charge < -0.3 is 19.2 Å². The van der Waals surface area contributed by atoms with Crippen LogP contribution in [0.3, 0.4) is 0 Å². The van der Waals surface area contributed by atoms with Crippen molar-refractivity contribution >= 4 is 5.91 Å². The molecule has 1 spiro atoms. The number of rotatable bonds is 7. The van der Waals surface area contributed by atoms with E-state index in [9.17, 15) is 4.79 Å². The second-order valence-electron chi connectivity index (χ2n) is 9.12. The van der Waals surface area contributed by atoms with E-state index >= 15 is 0 Å². The highest BCUT2D eigenvalue weighted by Crippen LogP contribution is 2.40. The Morgan fingerprint density at radius 1 is 1.24 bits per heavy atom. The van der Waals surface area contributed by atoms with E-state index in [1.54, 1.807) is 6.33 Å². The normalized spacial score (nSPS) is 21.0. The van der Waals surface area contributed by atoms with Crippen LogP contribution in [0.4, 0.5) is 0 Å². The summed E-state index contributed by atoms with van der Waals surface area (Å²) in [5, 5.41) is 0. The number of nitrogens with one attached hydrogen (secondary N) is 1. The molecule has 6 heteroatoms. The molecule has 2 saturated heterocycles. The molecule has 0 aromatic carbocycles. The molecule has 29 heavy (non-hydrogen) atoms. The second kappa shape index (κ2) is 8.74. The lowest BCUT2D eigenvalue weighted by Crippen LogP contribution is -2.52. The number of amides is 1. The van der Waals surface area contributed by atoms with Crippen molar-refractivity contribution in [1.29, 1.82) is 0 Å². The van der Waals surface area contributed by atoms with Crippen LogP contribution in [0.5, 0.6) is 0 Å². The molecule has 6 nitrogen and oxygen atoms in total. The molecule has 0 radical (unpaired) electrons. The van der Waals surface area contributed by atoms with Gasteiger partial charge in [-0.15, -0.1) is 0 Å². The van der Waals surface area contributed by atoms with E-state index in [-0.39, 0.29) is 0 Å². The quantitative estimate of drug-likeness (QED) is 0.771. The van der Waals surface area contributed by atoms with Crippen molar-refractivity contribution in [3.8, 4) is 0 Å². The van der Waals surface area contributed by atoms with Crippen molar-refractivity contribution in [2.75, 3.05) is 32.7 Å². The van der Waals surface area contributed by atoms with Crippen molar-refractivity contribution in [3.63, 3.8) is 0 Å². The minimum absolute atomic E-state index is 0.320. The number of nitrogens with zero attached hydrogens (tertiary/aromatic N) is 3. The van der Waals surface area contributed by atoms with Gasteiger partial charge in [-0.2, -0.15) is 0 Å². The standard InChI is InChI=1S/C23H34N4O2/c1-18(21-4-3-19(2)29-21)6-11-26-13-9-23(10-14-26)8-5-22(28)27(16-23)12-7-20-15-24-17-25-20/h3-4,15,17-18H,5-14,16H2,1-2H3,(H,24,25)/t18-/m0/s1. The third-order valence-corrected chi connectivity index (χ3v) is 7.00. The monoisotopic (exact) mass is 398 g/mol. The Hall–Kier alpha value is -2.08. The van der Waals surface area contributed by atoms with E-state index in [0.717, 1.165) is 69.2 Å². The van der Waals surface area contributed by atoms with Crippen LogP contribution in [0.25, 0.3) is 0 Å². The summed E-state index contributed by atoms with van der Waals surface area (Å²) in [6.45, 7) is 9.41. The van der Waals surface area contributed by atoms with Crippen LogP contribution < -0.4 is 0 Å². The zero-order valence-electron chi connectivity index (χ0n) is 17.8. The first kappa shape index (κ1) is 20.2. The Labute approximate surface area is 173 Å². The summed E-state index contributed by atoms with van der Waals surface area (Å²) in [6, 6.07) is 4.17. The van der Waals surface area contributed by atoms with Crippen molar-refractivity contribution < 1.29 is 9.21 Å². The van der Waals surface area contributed by atoms with Crippen LogP contribution in [0.1, 0.15) is 62.2 Å². The molecular formula is C23H34N4O2. The Bertz CT molecular complexity index is 790. The number of aromatic nitrogens is 2. The molecule has 2 aliphatic rings. The molecule has 2 aliphatic heterocycles. The van der Waals surface area contributed by atoms with Gasteiger partial charge >= 0.3 is 0 Å². The zero-order chi connectivity index (χ0) is 20.3. The van der Waals surface area contributed by atoms with Crippen molar-refractivity contribution in [2.24, 2.45) is 5.41 Å². The Morgan fingerprint density at radius 3 is 2.76 bits per heavy atom. The second-order valence-corrected chi connectivity index (χ2v) is 9.12. The first-order valence-corrected chi connectivity index (χ1v) is 11.1. The van der Waals surface area contributed by atoms with Gasteiger partial charge in [0.05, 0.1) is 6.33 Å². The Kier molecular flexibility index (Phi) is 6.09. The van der Waals surface area contributed by atoms with Gasteiger partial charge in [-0.1, -0.05) is 6.92 Å². The Morgan fingerprint density at radius 2 is 2.07 bits per heavy atom. The van der Waals surface area contributed by atoms with Gasteiger partial charge in [-0.3, -0.25) is 4.79 Å². The molecule has 1 N–H and O–H groups in total. The smallest absolute Gasteiger partial charge is 0.222 e. The molecule has 0 aliphatic carbocycles. The predicted octanol–water partition coefficient (Wildman–Crippen LogP) is 3.75. The maximum atomic E-state index is 12.4. The summed E-state index contributed by atoms with van der Waals surface area (Å²) >= 11 is 0. The highest BCUT2D eigenvalue weighted by Gasteiger charge is 2.40. The summed E-state index contributed by atoms with van der Waals surface area (Å²) in [5.74, 6) is 2.88. The molecule has 2 aromatic heterocycles. The number of likely N-dealkylation sites (tertiary alicyclic amines) is 2. The van der Waals surface area contributed by atoms with Crippen LogP contribution in [0, 0.1) is 12.3 Å². The lowest BCUT2D eigenvalue weighted by atomic mass is 9.72. The number of aryl methyl sites for hydroxylation is 1. The number of imidazole rings is 1. The van der Waals surface area contributed by atoms with Crippen LogP contribution in [-0.2, 0) is 11.2 Å². The average molecular weight is 399 g/mol. The summed E-state index contributed by atoms with van der Waals surface area (Å²) in [5.41, 5.74) is 1.43. The molecule has 0 unspecified atom stereocenters. The first-order valence-electron chi connectivity index (χ1n) is 11.1. The molecule has 1 amide bonds. The van der Waals surface area contributed by atoms with Gasteiger partial charge in [0.25, 0.3) is 0 Å². The molecule has 1 atom stereocenters. The highest BCUT2D eigenvalue weighted by atomic mass is 16.3. The number of piperidine rings is 2. The van der Waals surface area contributed by atoms with E-state index in [4.69, 9.17) is 4.42 Å². The van der Waals surface area contributed by atoms with Gasteiger partial charge in [-0.25, -0.2) is 4.98 Å². The lowest BCUT2D eigenvalue weighted by molar-refractivity contribution is -0.139. The van der Waals surface area contributed by atoms with E-state index in [1.165, 1.54) is 12.8 Å². The number of H-pyrrole nitrogens is 1. The molecule has 0 bridgehead atoms. The van der Waals surface area contributed by atoms with E-state index in [0.29, 0.717) is 23.7 Å². The fraction of sp³-hybridized carbons (Fsp3) is 0.652. The van der Waals surface area contributed by atoms with Crippen molar-refractivity contribution in [2.45, 2.75) is 58.3 Å². The van der Waals surface area contributed by atoms with Gasteiger partial charge in [0.1, 0.15) is 11.5 Å². The van der Waals surface area contributed by atoms with Crippen LogP contribution in [-0.4, -0.2) is 58.4 Å². The molecule has 2 aromatic rings. The molecular weight excluding hydrogens is 364 g/mol. The van der Waals surface area contributed by atoms with E-state index in [2.05, 4.69) is 38.8 Å². The first-order chi connectivity index (χ1) is 14.0. The SMILES string of the molecule is Cc1ccc([C@@H](C)CCN2CCC3(CCC(=O)N(CCc4cnc[nH]4)C3)CC2)o1. The summed E-state index contributed by atoms with van der Waals surface area (Å²) < 4.78 is 5.78. The van der Waals surface area contributed by atoms with Crippen LogP contribution in [0.2, 0.25) is 0 Å². The minimum Gasteiger partial charge on any atom is -0.466 e. The number of carbonyl (C=O) groups is 1. The van der Waals surface area contributed by atoms with Crippen molar-refractivity contribution in [3.05, 3.63) is 41.9 Å². The predicted molar refractivity (Wildman–Crippen MR) is 113 cm³/mol. The number of furan rings is 1.